The Morgan fingerprint density at radius 3 is 2.54 bits per heavy atom. The average molecular weight is 174 g/mol. The van der Waals surface area contributed by atoms with Crippen molar-refractivity contribution in [3.8, 4) is 12.3 Å². The van der Waals surface area contributed by atoms with Crippen molar-refractivity contribution < 1.29 is 0 Å². The molecule has 0 aliphatic heterocycles. The van der Waals surface area contributed by atoms with Crippen molar-refractivity contribution in [1.29, 1.82) is 0 Å². The fraction of sp³-hybridized carbons (Fsp3) is 0.538. The van der Waals surface area contributed by atoms with Gasteiger partial charge in [0.05, 0.1) is 0 Å². The Balaban J connectivity index is 3.02. The van der Waals surface area contributed by atoms with E-state index in [0.717, 1.165) is 6.42 Å². The molecular formula is C13H18. The number of terminal acetylenes is 1. The predicted molar refractivity (Wildman–Crippen MR) is 58.4 cm³/mol. The number of hydrogen-bond donors (Lipinski definition) is 0. The average Bonchev–Trinajstić information content (AvgIpc) is 2.53. The molecule has 0 aromatic rings. The molecule has 0 unspecified atom stereocenters. The van der Waals surface area contributed by atoms with E-state index in [9.17, 15) is 0 Å². The molecule has 0 saturated heterocycles. The van der Waals surface area contributed by atoms with Crippen LogP contribution in [0.3, 0.4) is 0 Å². The normalized spacial score (nSPS) is 18.6. The van der Waals surface area contributed by atoms with Crippen LogP contribution in [0.1, 0.15) is 46.5 Å². The van der Waals surface area contributed by atoms with Gasteiger partial charge in [-0.15, -0.1) is 6.42 Å². The van der Waals surface area contributed by atoms with Gasteiger partial charge < -0.3 is 0 Å². The van der Waals surface area contributed by atoms with E-state index < -0.39 is 0 Å². The van der Waals surface area contributed by atoms with Crippen LogP contribution in [0.5, 0.6) is 0 Å². The van der Waals surface area contributed by atoms with Gasteiger partial charge in [-0.1, -0.05) is 18.4 Å². The number of allylic oxidation sites excluding steroid dienone is 4. The van der Waals surface area contributed by atoms with Crippen molar-refractivity contribution in [3.63, 3.8) is 0 Å². The summed E-state index contributed by atoms with van der Waals surface area (Å²) in [5, 5.41) is 0. The zero-order valence-corrected chi connectivity index (χ0v) is 8.91. The molecule has 0 N–H and O–H groups in total. The van der Waals surface area contributed by atoms with Gasteiger partial charge in [-0.25, -0.2) is 0 Å². The third-order valence-electron chi connectivity index (χ3n) is 2.93. The molecule has 0 nitrogen and oxygen atoms in total. The van der Waals surface area contributed by atoms with Gasteiger partial charge in [-0.3, -0.25) is 0 Å². The summed E-state index contributed by atoms with van der Waals surface area (Å²) in [6.07, 6.45) is 10.2. The molecule has 0 aromatic heterocycles. The summed E-state index contributed by atoms with van der Waals surface area (Å²) >= 11 is 0. The highest BCUT2D eigenvalue weighted by Crippen LogP contribution is 2.32. The molecule has 70 valence electrons. The standard InChI is InChI=1S/C13H18/c1-5-12(6-2)11(4)13-9-7-8-10(13)3/h1H,6-9H2,2-4H3/b12-11-. The summed E-state index contributed by atoms with van der Waals surface area (Å²) in [5.41, 5.74) is 5.60. The molecular weight excluding hydrogens is 156 g/mol. The zero-order chi connectivity index (χ0) is 9.84. The summed E-state index contributed by atoms with van der Waals surface area (Å²) in [6, 6.07) is 0. The van der Waals surface area contributed by atoms with Crippen LogP contribution in [-0.2, 0) is 0 Å². The quantitative estimate of drug-likeness (QED) is 0.558. The third kappa shape index (κ3) is 2.04. The van der Waals surface area contributed by atoms with Crippen LogP contribution in [0.15, 0.2) is 22.3 Å². The lowest BCUT2D eigenvalue weighted by molar-refractivity contribution is 0.893. The monoisotopic (exact) mass is 174 g/mol. The fourth-order valence-corrected chi connectivity index (χ4v) is 2.06. The molecule has 0 bridgehead atoms. The highest BCUT2D eigenvalue weighted by molar-refractivity contribution is 5.44. The molecule has 0 atom stereocenters. The Morgan fingerprint density at radius 1 is 1.46 bits per heavy atom. The molecule has 0 radical (unpaired) electrons. The first kappa shape index (κ1) is 10.1. The van der Waals surface area contributed by atoms with Crippen LogP contribution in [0.4, 0.5) is 0 Å². The first-order chi connectivity index (χ1) is 6.20. The summed E-state index contributed by atoms with van der Waals surface area (Å²) in [5.74, 6) is 2.79. The maximum Gasteiger partial charge on any atom is 0.00467 e. The van der Waals surface area contributed by atoms with Gasteiger partial charge in [0.15, 0.2) is 0 Å². The Morgan fingerprint density at radius 2 is 2.15 bits per heavy atom. The van der Waals surface area contributed by atoms with E-state index in [2.05, 4.69) is 26.7 Å². The summed E-state index contributed by atoms with van der Waals surface area (Å²) in [7, 11) is 0. The number of rotatable bonds is 2. The molecule has 0 amide bonds. The Labute approximate surface area is 81.7 Å². The molecule has 1 aliphatic rings. The number of hydrogen-bond acceptors (Lipinski definition) is 0. The second kappa shape index (κ2) is 4.33. The lowest BCUT2D eigenvalue weighted by Crippen LogP contribution is -1.89. The Hall–Kier alpha value is -0.960. The van der Waals surface area contributed by atoms with Gasteiger partial charge in [-0.2, -0.15) is 0 Å². The SMILES string of the molecule is C#C/C(CC)=C(\C)C1=C(C)CCC1. The third-order valence-corrected chi connectivity index (χ3v) is 2.93. The van der Waals surface area contributed by atoms with Crippen LogP contribution in [0, 0.1) is 12.3 Å². The first-order valence-electron chi connectivity index (χ1n) is 5.06. The van der Waals surface area contributed by atoms with Crippen LogP contribution >= 0.6 is 0 Å². The Bertz CT molecular complexity index is 294. The maximum atomic E-state index is 5.47. The summed E-state index contributed by atoms with van der Waals surface area (Å²) in [6.45, 7) is 6.53. The lowest BCUT2D eigenvalue weighted by Gasteiger charge is -2.07. The second-order valence-corrected chi connectivity index (χ2v) is 3.71. The van der Waals surface area contributed by atoms with Gasteiger partial charge >= 0.3 is 0 Å². The van der Waals surface area contributed by atoms with Gasteiger partial charge in [0.1, 0.15) is 0 Å². The van der Waals surface area contributed by atoms with E-state index in [-0.39, 0.29) is 0 Å². The molecule has 0 spiro atoms. The largest absolute Gasteiger partial charge is 0.115 e. The Kier molecular flexibility index (Phi) is 3.37. The highest BCUT2D eigenvalue weighted by atomic mass is 14.2. The molecule has 0 fully saturated rings. The highest BCUT2D eigenvalue weighted by Gasteiger charge is 2.13. The van der Waals surface area contributed by atoms with E-state index in [4.69, 9.17) is 6.42 Å². The molecule has 1 aliphatic carbocycles. The fourth-order valence-electron chi connectivity index (χ4n) is 2.06. The zero-order valence-electron chi connectivity index (χ0n) is 8.91. The van der Waals surface area contributed by atoms with Crippen molar-refractivity contribution in [2.45, 2.75) is 46.5 Å². The summed E-state index contributed by atoms with van der Waals surface area (Å²) < 4.78 is 0. The smallest absolute Gasteiger partial charge is 0.00467 e. The van der Waals surface area contributed by atoms with Crippen molar-refractivity contribution in [2.75, 3.05) is 0 Å². The van der Waals surface area contributed by atoms with Crippen LogP contribution in [0.2, 0.25) is 0 Å². The van der Waals surface area contributed by atoms with E-state index in [0.29, 0.717) is 0 Å². The van der Waals surface area contributed by atoms with Crippen molar-refractivity contribution in [1.82, 2.24) is 0 Å². The van der Waals surface area contributed by atoms with E-state index >= 15 is 0 Å². The van der Waals surface area contributed by atoms with Crippen LogP contribution < -0.4 is 0 Å². The van der Waals surface area contributed by atoms with Crippen LogP contribution in [0.25, 0.3) is 0 Å². The molecule has 0 heteroatoms. The molecule has 0 saturated carbocycles. The first-order valence-corrected chi connectivity index (χ1v) is 5.06. The van der Waals surface area contributed by atoms with Crippen molar-refractivity contribution in [2.24, 2.45) is 0 Å². The minimum Gasteiger partial charge on any atom is -0.115 e. The predicted octanol–water partition coefficient (Wildman–Crippen LogP) is 3.85. The molecule has 0 aromatic carbocycles. The van der Waals surface area contributed by atoms with E-state index in [1.807, 2.05) is 0 Å². The van der Waals surface area contributed by atoms with Crippen molar-refractivity contribution in [3.05, 3.63) is 22.3 Å². The van der Waals surface area contributed by atoms with Gasteiger partial charge in [0.25, 0.3) is 0 Å². The molecule has 13 heavy (non-hydrogen) atoms. The minimum absolute atomic E-state index is 0.985. The second-order valence-electron chi connectivity index (χ2n) is 3.71. The molecule has 1 rings (SSSR count). The summed E-state index contributed by atoms with van der Waals surface area (Å²) in [4.78, 5) is 0. The van der Waals surface area contributed by atoms with Gasteiger partial charge in [0.2, 0.25) is 0 Å². The van der Waals surface area contributed by atoms with Gasteiger partial charge in [-0.05, 0) is 50.7 Å². The molecule has 0 heterocycles. The van der Waals surface area contributed by atoms with E-state index in [1.165, 1.54) is 36.0 Å². The van der Waals surface area contributed by atoms with Gasteiger partial charge in [0, 0.05) is 5.57 Å². The minimum atomic E-state index is 0.985. The maximum absolute atomic E-state index is 5.47. The van der Waals surface area contributed by atoms with Crippen LogP contribution in [-0.4, -0.2) is 0 Å². The van der Waals surface area contributed by atoms with Crippen molar-refractivity contribution >= 4 is 0 Å². The topological polar surface area (TPSA) is 0 Å². The van der Waals surface area contributed by atoms with E-state index in [1.54, 1.807) is 5.57 Å². The lowest BCUT2D eigenvalue weighted by atomic mass is 9.98.